The van der Waals surface area contributed by atoms with E-state index in [4.69, 9.17) is 0 Å². The van der Waals surface area contributed by atoms with Crippen molar-refractivity contribution < 1.29 is 14.8 Å². The fraction of sp³-hybridized carbons (Fsp3) is 0.444. The maximum atomic E-state index is 11.7. The third kappa shape index (κ3) is 1.60. The molecule has 7 heteroatoms. The van der Waals surface area contributed by atoms with E-state index in [1.54, 1.807) is 13.8 Å². The van der Waals surface area contributed by atoms with E-state index in [2.05, 4.69) is 6.58 Å². The minimum atomic E-state index is -0.896. The van der Waals surface area contributed by atoms with E-state index in [0.29, 0.717) is 0 Å². The number of carbonyl (C=O) groups is 1. The van der Waals surface area contributed by atoms with Crippen LogP contribution in [0.15, 0.2) is 23.9 Å². The Morgan fingerprint density at radius 2 is 1.81 bits per heavy atom. The summed E-state index contributed by atoms with van der Waals surface area (Å²) >= 11 is 0. The summed E-state index contributed by atoms with van der Waals surface area (Å²) < 4.78 is 0. The number of rotatable bonds is 3. The summed E-state index contributed by atoms with van der Waals surface area (Å²) in [4.78, 5) is 23.6. The van der Waals surface area contributed by atoms with Crippen LogP contribution in [0.2, 0.25) is 0 Å². The first-order valence-corrected chi connectivity index (χ1v) is 4.79. The molecular formula is C9H12N3O4-. The second-order valence-electron chi connectivity index (χ2n) is 3.13. The molecular weight excluding hydrogens is 214 g/mol. The average molecular weight is 226 g/mol. The Labute approximate surface area is 92.4 Å². The number of likely N-dealkylation sites (N-methyl/N-ethyl adjacent to an activating group) is 1. The van der Waals surface area contributed by atoms with Crippen LogP contribution in [0, 0.1) is 10.1 Å². The van der Waals surface area contributed by atoms with Gasteiger partial charge in [-0.1, -0.05) is 6.58 Å². The molecule has 0 saturated heterocycles. The molecule has 0 unspecified atom stereocenters. The lowest BCUT2D eigenvalue weighted by molar-refractivity contribution is -0.447. The molecule has 2 amide bonds. The van der Waals surface area contributed by atoms with Gasteiger partial charge in [-0.25, -0.2) is 4.79 Å². The van der Waals surface area contributed by atoms with E-state index in [0.717, 1.165) is 9.80 Å². The van der Waals surface area contributed by atoms with Crippen molar-refractivity contribution in [2.24, 2.45) is 0 Å². The highest BCUT2D eigenvalue weighted by molar-refractivity contribution is 5.80. The Bertz CT molecular complexity index is 388. The smallest absolute Gasteiger partial charge is 0.328 e. The first kappa shape index (κ1) is 12.0. The molecule has 0 bridgehead atoms. The summed E-state index contributed by atoms with van der Waals surface area (Å²) in [6, 6.07) is -0.564. The largest absolute Gasteiger partial charge is 0.855 e. The van der Waals surface area contributed by atoms with E-state index < -0.39 is 22.5 Å². The second kappa shape index (κ2) is 4.21. The molecule has 0 N–H and O–H groups in total. The lowest BCUT2D eigenvalue weighted by atomic mass is 10.2. The fourth-order valence-corrected chi connectivity index (χ4v) is 1.52. The summed E-state index contributed by atoms with van der Waals surface area (Å²) in [5.41, 5.74) is -0.782. The van der Waals surface area contributed by atoms with Gasteiger partial charge >= 0.3 is 11.7 Å². The maximum absolute atomic E-state index is 11.7. The minimum absolute atomic E-state index is 0.0960. The van der Waals surface area contributed by atoms with E-state index in [9.17, 15) is 20.0 Å². The molecule has 0 saturated carbocycles. The Kier molecular flexibility index (Phi) is 3.17. The Morgan fingerprint density at radius 3 is 2.19 bits per heavy atom. The second-order valence-corrected chi connectivity index (χ2v) is 3.13. The molecule has 1 aliphatic rings. The predicted octanol–water partition coefficient (Wildman–Crippen LogP) is 0.0836. The molecule has 0 atom stereocenters. The lowest BCUT2D eigenvalue weighted by Gasteiger charge is -2.37. The van der Waals surface area contributed by atoms with Gasteiger partial charge in [0.15, 0.2) is 0 Å². The van der Waals surface area contributed by atoms with Gasteiger partial charge in [0.2, 0.25) is 0 Å². The molecule has 1 heterocycles. The lowest BCUT2D eigenvalue weighted by Crippen LogP contribution is -2.50. The number of carbonyl (C=O) groups excluding carboxylic acids is 1. The highest BCUT2D eigenvalue weighted by Crippen LogP contribution is 2.25. The zero-order valence-corrected chi connectivity index (χ0v) is 9.10. The quantitative estimate of drug-likeness (QED) is 0.503. The molecule has 0 aliphatic carbocycles. The van der Waals surface area contributed by atoms with Crippen molar-refractivity contribution in [3.8, 4) is 0 Å². The zero-order valence-electron chi connectivity index (χ0n) is 9.10. The van der Waals surface area contributed by atoms with Gasteiger partial charge in [0, 0.05) is 13.1 Å². The van der Waals surface area contributed by atoms with Crippen LogP contribution in [-0.2, 0) is 0 Å². The number of hydrogen-bond acceptors (Lipinski definition) is 4. The number of urea groups is 1. The molecule has 1 rings (SSSR count). The Hall–Kier alpha value is -2.05. The SMILES string of the molecule is C=C1C([N+](=O)[O-])=C([O-])N(CC)C(=O)N1CC. The molecule has 0 radical (unpaired) electrons. The van der Waals surface area contributed by atoms with Crippen molar-refractivity contribution in [1.82, 2.24) is 9.80 Å². The van der Waals surface area contributed by atoms with Crippen LogP contribution in [0.3, 0.4) is 0 Å². The van der Waals surface area contributed by atoms with Crippen LogP contribution in [0.4, 0.5) is 4.79 Å². The standard InChI is InChI=1S/C9H13N3O4/c1-4-10-6(3)7(12(15)16)8(13)11(5-2)9(10)14/h13H,3-5H2,1-2H3/p-1. The monoisotopic (exact) mass is 226 g/mol. The molecule has 88 valence electrons. The van der Waals surface area contributed by atoms with Crippen LogP contribution < -0.4 is 5.11 Å². The summed E-state index contributed by atoms with van der Waals surface area (Å²) in [6.07, 6.45) is 0. The molecule has 7 nitrogen and oxygen atoms in total. The van der Waals surface area contributed by atoms with Crippen molar-refractivity contribution in [3.05, 3.63) is 34.0 Å². The minimum Gasteiger partial charge on any atom is -0.855 e. The Morgan fingerprint density at radius 1 is 1.31 bits per heavy atom. The van der Waals surface area contributed by atoms with Crippen LogP contribution in [0.1, 0.15) is 13.8 Å². The van der Waals surface area contributed by atoms with E-state index in [1.165, 1.54) is 0 Å². The van der Waals surface area contributed by atoms with Gasteiger partial charge in [-0.3, -0.25) is 15.0 Å². The zero-order chi connectivity index (χ0) is 12.5. The fourth-order valence-electron chi connectivity index (χ4n) is 1.52. The van der Waals surface area contributed by atoms with Crippen molar-refractivity contribution in [2.75, 3.05) is 13.1 Å². The van der Waals surface area contributed by atoms with Gasteiger partial charge < -0.3 is 10.0 Å². The van der Waals surface area contributed by atoms with Crippen molar-refractivity contribution in [1.29, 1.82) is 0 Å². The summed E-state index contributed by atoms with van der Waals surface area (Å²) in [6.45, 7) is 6.98. The van der Waals surface area contributed by atoms with Crippen molar-refractivity contribution >= 4 is 6.03 Å². The molecule has 0 aromatic rings. The summed E-state index contributed by atoms with van der Waals surface area (Å²) in [7, 11) is 0. The normalized spacial score (nSPS) is 17.1. The van der Waals surface area contributed by atoms with E-state index >= 15 is 0 Å². The van der Waals surface area contributed by atoms with Crippen LogP contribution in [0.5, 0.6) is 0 Å². The number of hydrogen-bond donors (Lipinski definition) is 0. The average Bonchev–Trinajstić information content (AvgIpc) is 2.18. The summed E-state index contributed by atoms with van der Waals surface area (Å²) in [5, 5.41) is 22.3. The van der Waals surface area contributed by atoms with Gasteiger partial charge in [-0.2, -0.15) is 0 Å². The first-order chi connectivity index (χ1) is 7.45. The molecule has 0 spiro atoms. The third-order valence-electron chi connectivity index (χ3n) is 2.32. The number of nitrogens with zero attached hydrogens (tertiary/aromatic N) is 3. The van der Waals surface area contributed by atoms with E-state index in [-0.39, 0.29) is 18.8 Å². The third-order valence-corrected chi connectivity index (χ3v) is 2.32. The number of amides is 2. The van der Waals surface area contributed by atoms with Gasteiger partial charge in [-0.05, 0) is 13.8 Å². The van der Waals surface area contributed by atoms with Gasteiger partial charge in [-0.15, -0.1) is 0 Å². The first-order valence-electron chi connectivity index (χ1n) is 4.79. The van der Waals surface area contributed by atoms with Crippen molar-refractivity contribution in [3.63, 3.8) is 0 Å². The topological polar surface area (TPSA) is 89.7 Å². The van der Waals surface area contributed by atoms with Crippen LogP contribution >= 0.6 is 0 Å². The van der Waals surface area contributed by atoms with Gasteiger partial charge in [0.05, 0.1) is 10.8 Å². The molecule has 0 aromatic heterocycles. The van der Waals surface area contributed by atoms with Crippen LogP contribution in [-0.4, -0.2) is 33.8 Å². The molecule has 0 aromatic carbocycles. The highest BCUT2D eigenvalue weighted by Gasteiger charge is 2.35. The molecule has 16 heavy (non-hydrogen) atoms. The van der Waals surface area contributed by atoms with Gasteiger partial charge in [0.25, 0.3) is 0 Å². The maximum Gasteiger partial charge on any atom is 0.328 e. The highest BCUT2D eigenvalue weighted by atomic mass is 16.6. The van der Waals surface area contributed by atoms with Crippen LogP contribution in [0.25, 0.3) is 0 Å². The molecule has 0 fully saturated rings. The molecule has 1 aliphatic heterocycles. The van der Waals surface area contributed by atoms with Gasteiger partial charge in [0.1, 0.15) is 5.70 Å². The van der Waals surface area contributed by atoms with Crippen molar-refractivity contribution in [2.45, 2.75) is 13.8 Å². The van der Waals surface area contributed by atoms with E-state index in [1.807, 2.05) is 0 Å². The summed E-state index contributed by atoms with van der Waals surface area (Å²) in [5.74, 6) is -0.896. The Balaban J connectivity index is 3.32. The number of nitro groups is 1. The predicted molar refractivity (Wildman–Crippen MR) is 53.3 cm³/mol.